The van der Waals surface area contributed by atoms with Crippen LogP contribution in [-0.2, 0) is 4.74 Å². The zero-order chi connectivity index (χ0) is 8.44. The summed E-state index contributed by atoms with van der Waals surface area (Å²) in [6.07, 6.45) is 5.58. The third-order valence-corrected chi connectivity index (χ3v) is 3.17. The molecule has 0 atom stereocenters. The molecule has 3 heteroatoms. The van der Waals surface area contributed by atoms with E-state index < -0.39 is 0 Å². The molecule has 1 saturated carbocycles. The number of nitrogens with zero attached hydrogens (tertiary/aromatic N) is 1. The third-order valence-electron chi connectivity index (χ3n) is 3.17. The van der Waals surface area contributed by atoms with Crippen molar-refractivity contribution in [3.63, 3.8) is 0 Å². The van der Waals surface area contributed by atoms with E-state index in [1.54, 1.807) is 0 Å². The molecule has 0 aromatic rings. The summed E-state index contributed by atoms with van der Waals surface area (Å²) in [6, 6.07) is 0. The van der Waals surface area contributed by atoms with Gasteiger partial charge in [0, 0.05) is 19.1 Å². The number of likely N-dealkylation sites (tertiary alicyclic amines) is 1. The van der Waals surface area contributed by atoms with Crippen molar-refractivity contribution in [1.29, 1.82) is 0 Å². The van der Waals surface area contributed by atoms with E-state index in [0.717, 1.165) is 6.61 Å². The highest BCUT2D eigenvalue weighted by atomic mass is 19.0. The van der Waals surface area contributed by atoms with Crippen molar-refractivity contribution in [3.8, 4) is 0 Å². The van der Waals surface area contributed by atoms with Crippen LogP contribution < -0.4 is 0 Å². The first-order chi connectivity index (χ1) is 5.85. The van der Waals surface area contributed by atoms with Crippen molar-refractivity contribution in [2.45, 2.75) is 25.7 Å². The molecular weight excluding hydrogens is 169 g/mol. The highest BCUT2D eigenvalue weighted by Gasteiger charge is 2.44. The first-order valence-corrected chi connectivity index (χ1v) is 5.06. The quantitative estimate of drug-likeness (QED) is 0.667. The van der Waals surface area contributed by atoms with Crippen LogP contribution in [0.25, 0.3) is 0 Å². The van der Waals surface area contributed by atoms with E-state index in [4.69, 9.17) is 4.74 Å². The average molecular weight is 189 g/mol. The minimum Gasteiger partial charge on any atom is -0.384 e. The fourth-order valence-electron chi connectivity index (χ4n) is 2.25. The van der Waals surface area contributed by atoms with Gasteiger partial charge >= 0.3 is 0 Å². The molecule has 0 aromatic carbocycles. The normalized spacial score (nSPS) is 25.6. The van der Waals surface area contributed by atoms with Crippen LogP contribution >= 0.6 is 0 Å². The van der Waals surface area contributed by atoms with E-state index in [2.05, 4.69) is 4.90 Å². The van der Waals surface area contributed by atoms with E-state index in [0.29, 0.717) is 5.41 Å². The SMILES string of the molecule is COCC1(CN2CCCC2)CC1.F. The average Bonchev–Trinajstić information content (AvgIpc) is 2.63. The topological polar surface area (TPSA) is 12.5 Å². The fraction of sp³-hybridized carbons (Fsp3) is 1.00. The predicted octanol–water partition coefficient (Wildman–Crippen LogP) is 1.66. The molecular formula is C10H20FNO. The molecule has 1 heterocycles. The zero-order valence-electron chi connectivity index (χ0n) is 8.42. The summed E-state index contributed by atoms with van der Waals surface area (Å²) < 4.78 is 5.25. The molecule has 1 aliphatic heterocycles. The summed E-state index contributed by atoms with van der Waals surface area (Å²) >= 11 is 0. The molecule has 0 unspecified atom stereocenters. The Balaban J connectivity index is 0.000000845. The molecule has 78 valence electrons. The van der Waals surface area contributed by atoms with Crippen LogP contribution in [0.5, 0.6) is 0 Å². The third kappa shape index (κ3) is 2.64. The molecule has 0 amide bonds. The maximum Gasteiger partial charge on any atom is 0.0530 e. The Bertz CT molecular complexity index is 153. The first kappa shape index (κ1) is 10.9. The van der Waals surface area contributed by atoms with Crippen molar-refractivity contribution >= 4 is 0 Å². The molecule has 2 aliphatic rings. The Morgan fingerprint density at radius 2 is 1.85 bits per heavy atom. The number of hydrogen-bond acceptors (Lipinski definition) is 2. The van der Waals surface area contributed by atoms with Gasteiger partial charge in [-0.3, -0.25) is 4.70 Å². The fourth-order valence-corrected chi connectivity index (χ4v) is 2.25. The molecule has 0 N–H and O–H groups in total. The van der Waals surface area contributed by atoms with Crippen LogP contribution in [-0.4, -0.2) is 38.3 Å². The van der Waals surface area contributed by atoms with Crippen molar-refractivity contribution < 1.29 is 9.44 Å². The number of halogens is 1. The highest BCUT2D eigenvalue weighted by Crippen LogP contribution is 2.46. The minimum absolute atomic E-state index is 0. The van der Waals surface area contributed by atoms with Crippen molar-refractivity contribution in [3.05, 3.63) is 0 Å². The van der Waals surface area contributed by atoms with Gasteiger partial charge in [0.2, 0.25) is 0 Å². The minimum atomic E-state index is 0. The number of rotatable bonds is 4. The van der Waals surface area contributed by atoms with Gasteiger partial charge in [-0.05, 0) is 38.8 Å². The van der Waals surface area contributed by atoms with E-state index in [-0.39, 0.29) is 4.70 Å². The standard InChI is InChI=1S/C10H19NO.FH/c1-12-9-10(4-5-10)8-11-6-2-3-7-11;/h2-9H2,1H3;1H. The van der Waals surface area contributed by atoms with Crippen LogP contribution in [0.4, 0.5) is 4.70 Å². The number of methoxy groups -OCH3 is 1. The summed E-state index contributed by atoms with van der Waals surface area (Å²) in [7, 11) is 1.82. The Morgan fingerprint density at radius 1 is 1.23 bits per heavy atom. The Kier molecular flexibility index (Phi) is 3.68. The summed E-state index contributed by atoms with van der Waals surface area (Å²) in [5, 5.41) is 0. The summed E-state index contributed by atoms with van der Waals surface area (Å²) in [4.78, 5) is 2.60. The monoisotopic (exact) mass is 189 g/mol. The molecule has 0 aromatic heterocycles. The van der Waals surface area contributed by atoms with Crippen molar-refractivity contribution in [2.75, 3.05) is 33.4 Å². The molecule has 1 saturated heterocycles. The van der Waals surface area contributed by atoms with Gasteiger partial charge in [-0.1, -0.05) is 0 Å². The Hall–Kier alpha value is -0.150. The predicted molar refractivity (Wildman–Crippen MR) is 51.7 cm³/mol. The van der Waals surface area contributed by atoms with Crippen LogP contribution in [0.3, 0.4) is 0 Å². The summed E-state index contributed by atoms with van der Waals surface area (Å²) in [6.45, 7) is 4.92. The van der Waals surface area contributed by atoms with Crippen LogP contribution in [0.1, 0.15) is 25.7 Å². The maximum atomic E-state index is 5.25. The largest absolute Gasteiger partial charge is 0.384 e. The van der Waals surface area contributed by atoms with Crippen molar-refractivity contribution in [1.82, 2.24) is 4.90 Å². The maximum absolute atomic E-state index is 5.25. The van der Waals surface area contributed by atoms with Gasteiger partial charge < -0.3 is 9.64 Å². The molecule has 13 heavy (non-hydrogen) atoms. The van der Waals surface area contributed by atoms with Crippen molar-refractivity contribution in [2.24, 2.45) is 5.41 Å². The lowest BCUT2D eigenvalue weighted by Crippen LogP contribution is -2.30. The van der Waals surface area contributed by atoms with Crippen LogP contribution in [0.15, 0.2) is 0 Å². The van der Waals surface area contributed by atoms with Crippen LogP contribution in [0.2, 0.25) is 0 Å². The first-order valence-electron chi connectivity index (χ1n) is 5.06. The lowest BCUT2D eigenvalue weighted by atomic mass is 10.1. The molecule has 0 bridgehead atoms. The number of hydrogen-bond donors (Lipinski definition) is 0. The van der Waals surface area contributed by atoms with Gasteiger partial charge in [0.1, 0.15) is 0 Å². The second-order valence-corrected chi connectivity index (χ2v) is 4.42. The van der Waals surface area contributed by atoms with E-state index in [1.807, 2.05) is 7.11 Å². The van der Waals surface area contributed by atoms with Gasteiger partial charge in [-0.25, -0.2) is 0 Å². The van der Waals surface area contributed by atoms with Gasteiger partial charge in [-0.15, -0.1) is 0 Å². The molecule has 0 radical (unpaired) electrons. The molecule has 1 aliphatic carbocycles. The summed E-state index contributed by atoms with van der Waals surface area (Å²) in [5.74, 6) is 0. The van der Waals surface area contributed by atoms with E-state index in [9.17, 15) is 0 Å². The van der Waals surface area contributed by atoms with Gasteiger partial charge in [-0.2, -0.15) is 0 Å². The Morgan fingerprint density at radius 3 is 2.31 bits per heavy atom. The highest BCUT2D eigenvalue weighted by molar-refractivity contribution is 4.96. The zero-order valence-corrected chi connectivity index (χ0v) is 8.42. The van der Waals surface area contributed by atoms with Gasteiger partial charge in [0.15, 0.2) is 0 Å². The summed E-state index contributed by atoms with van der Waals surface area (Å²) in [5.41, 5.74) is 0.569. The molecule has 0 spiro atoms. The molecule has 2 rings (SSSR count). The van der Waals surface area contributed by atoms with Crippen LogP contribution in [0, 0.1) is 5.41 Å². The molecule has 2 fully saturated rings. The lowest BCUT2D eigenvalue weighted by Gasteiger charge is -2.21. The van der Waals surface area contributed by atoms with Gasteiger partial charge in [0.05, 0.1) is 6.61 Å². The van der Waals surface area contributed by atoms with E-state index >= 15 is 0 Å². The number of ether oxygens (including phenoxy) is 1. The lowest BCUT2D eigenvalue weighted by molar-refractivity contribution is 0.116. The molecule has 2 nitrogen and oxygen atoms in total. The second-order valence-electron chi connectivity index (χ2n) is 4.42. The van der Waals surface area contributed by atoms with E-state index in [1.165, 1.54) is 45.3 Å². The van der Waals surface area contributed by atoms with Gasteiger partial charge in [0.25, 0.3) is 0 Å². The smallest absolute Gasteiger partial charge is 0.0530 e. The second kappa shape index (κ2) is 4.38. The Labute approximate surface area is 79.6 Å².